The number of esters is 2. The molecule has 114 valence electrons. The van der Waals surface area contributed by atoms with E-state index in [-0.39, 0.29) is 12.2 Å². The molecule has 8 nitrogen and oxygen atoms in total. The first-order valence-corrected chi connectivity index (χ1v) is 6.62. The van der Waals surface area contributed by atoms with Gasteiger partial charge in [-0.2, -0.15) is 0 Å². The van der Waals surface area contributed by atoms with E-state index in [9.17, 15) is 19.2 Å². The summed E-state index contributed by atoms with van der Waals surface area (Å²) in [4.78, 5) is 44.4. The standard InChI is InChI=1S/C11H17NO7S/c1-6(13)12-7(10(15)16)5-20-8(11(17)19-3)4-9(14)18-2/h7-8H,4-5H2,1-3H3,(H,12,13)(H,15,16)/t7-,8?/m0/s1. The molecule has 0 spiro atoms. The lowest BCUT2D eigenvalue weighted by Gasteiger charge is -2.17. The molecule has 2 N–H and O–H groups in total. The van der Waals surface area contributed by atoms with Crippen LogP contribution in [-0.2, 0) is 28.7 Å². The maximum absolute atomic E-state index is 11.5. The van der Waals surface area contributed by atoms with Gasteiger partial charge in [-0.15, -0.1) is 11.8 Å². The van der Waals surface area contributed by atoms with Crippen molar-refractivity contribution in [1.29, 1.82) is 0 Å². The molecule has 2 atom stereocenters. The first-order chi connectivity index (χ1) is 9.31. The van der Waals surface area contributed by atoms with Crippen molar-refractivity contribution in [3.05, 3.63) is 0 Å². The number of nitrogens with one attached hydrogen (secondary N) is 1. The van der Waals surface area contributed by atoms with Crippen molar-refractivity contribution in [2.24, 2.45) is 0 Å². The van der Waals surface area contributed by atoms with Gasteiger partial charge in [0, 0.05) is 12.7 Å². The average molecular weight is 307 g/mol. The number of aliphatic carboxylic acids is 1. The Balaban J connectivity index is 4.63. The van der Waals surface area contributed by atoms with Crippen molar-refractivity contribution >= 4 is 35.6 Å². The first-order valence-electron chi connectivity index (χ1n) is 5.58. The molecular weight excluding hydrogens is 290 g/mol. The topological polar surface area (TPSA) is 119 Å². The van der Waals surface area contributed by atoms with Crippen LogP contribution in [0.5, 0.6) is 0 Å². The zero-order valence-electron chi connectivity index (χ0n) is 11.4. The molecule has 0 aliphatic heterocycles. The Morgan fingerprint density at radius 3 is 2.20 bits per heavy atom. The quantitative estimate of drug-likeness (QED) is 0.571. The van der Waals surface area contributed by atoms with E-state index in [1.165, 1.54) is 14.0 Å². The normalized spacial score (nSPS) is 12.9. The fourth-order valence-electron chi connectivity index (χ4n) is 1.21. The van der Waals surface area contributed by atoms with Gasteiger partial charge < -0.3 is 19.9 Å². The van der Waals surface area contributed by atoms with E-state index in [1.807, 2.05) is 0 Å². The Labute approximate surface area is 120 Å². The van der Waals surface area contributed by atoms with E-state index in [2.05, 4.69) is 14.8 Å². The average Bonchev–Trinajstić information content (AvgIpc) is 2.39. The summed E-state index contributed by atoms with van der Waals surface area (Å²) in [5.74, 6) is -3.08. The largest absolute Gasteiger partial charge is 0.480 e. The minimum atomic E-state index is -1.23. The van der Waals surface area contributed by atoms with Crippen LogP contribution in [0.1, 0.15) is 13.3 Å². The summed E-state index contributed by atoms with van der Waals surface area (Å²) in [7, 11) is 2.34. The maximum Gasteiger partial charge on any atom is 0.327 e. The Bertz CT molecular complexity index is 385. The Morgan fingerprint density at radius 2 is 1.80 bits per heavy atom. The molecule has 0 bridgehead atoms. The molecule has 0 aliphatic rings. The lowest BCUT2D eigenvalue weighted by atomic mass is 10.3. The van der Waals surface area contributed by atoms with Gasteiger partial charge in [0.15, 0.2) is 0 Å². The molecule has 0 aromatic heterocycles. The van der Waals surface area contributed by atoms with Crippen molar-refractivity contribution in [3.63, 3.8) is 0 Å². The highest BCUT2D eigenvalue weighted by atomic mass is 32.2. The number of ether oxygens (including phenoxy) is 2. The zero-order valence-corrected chi connectivity index (χ0v) is 12.2. The van der Waals surface area contributed by atoms with Crippen molar-refractivity contribution in [1.82, 2.24) is 5.32 Å². The van der Waals surface area contributed by atoms with Crippen LogP contribution < -0.4 is 5.32 Å². The summed E-state index contributed by atoms with van der Waals surface area (Å²) in [6, 6.07) is -1.15. The van der Waals surface area contributed by atoms with Gasteiger partial charge in [0.1, 0.15) is 11.3 Å². The van der Waals surface area contributed by atoms with Crippen molar-refractivity contribution in [3.8, 4) is 0 Å². The van der Waals surface area contributed by atoms with E-state index in [0.29, 0.717) is 0 Å². The highest BCUT2D eigenvalue weighted by Crippen LogP contribution is 2.18. The number of carboxylic acids is 1. The predicted molar refractivity (Wildman–Crippen MR) is 70.1 cm³/mol. The summed E-state index contributed by atoms with van der Waals surface area (Å²) in [6.45, 7) is 1.19. The van der Waals surface area contributed by atoms with Crippen LogP contribution in [0.2, 0.25) is 0 Å². The minimum absolute atomic E-state index is 0.0777. The van der Waals surface area contributed by atoms with Gasteiger partial charge in [-0.3, -0.25) is 14.4 Å². The van der Waals surface area contributed by atoms with Gasteiger partial charge in [0.2, 0.25) is 5.91 Å². The third-order valence-electron chi connectivity index (χ3n) is 2.18. The molecule has 9 heteroatoms. The summed E-state index contributed by atoms with van der Waals surface area (Å²) in [5.41, 5.74) is 0. The van der Waals surface area contributed by atoms with Gasteiger partial charge >= 0.3 is 17.9 Å². The number of carboxylic acid groups (broad SMARTS) is 1. The highest BCUT2D eigenvalue weighted by molar-refractivity contribution is 8.00. The second kappa shape index (κ2) is 9.18. The predicted octanol–water partition coefficient (Wildman–Crippen LogP) is -0.586. The van der Waals surface area contributed by atoms with E-state index in [4.69, 9.17) is 5.11 Å². The van der Waals surface area contributed by atoms with Gasteiger partial charge in [0.05, 0.1) is 20.6 Å². The summed E-state index contributed by atoms with van der Waals surface area (Å²) < 4.78 is 8.98. The second-order valence-corrected chi connectivity index (χ2v) is 4.95. The fourth-order valence-corrected chi connectivity index (χ4v) is 2.35. The molecule has 0 heterocycles. The molecule has 0 saturated carbocycles. The molecule has 0 aromatic rings. The molecule has 0 rings (SSSR count). The molecular formula is C11H17NO7S. The number of thioether (sulfide) groups is 1. The van der Waals surface area contributed by atoms with E-state index in [1.54, 1.807) is 0 Å². The number of carbonyl (C=O) groups excluding carboxylic acids is 3. The van der Waals surface area contributed by atoms with Crippen LogP contribution in [0, 0.1) is 0 Å². The third-order valence-corrected chi connectivity index (χ3v) is 3.47. The zero-order chi connectivity index (χ0) is 15.7. The summed E-state index contributed by atoms with van der Waals surface area (Å²) in [5, 5.41) is 10.3. The lowest BCUT2D eigenvalue weighted by Crippen LogP contribution is -2.42. The number of hydrogen-bond donors (Lipinski definition) is 2. The van der Waals surface area contributed by atoms with Crippen molar-refractivity contribution in [2.75, 3.05) is 20.0 Å². The van der Waals surface area contributed by atoms with Crippen molar-refractivity contribution < 1.29 is 33.8 Å². The molecule has 1 amide bonds. The number of amides is 1. The van der Waals surface area contributed by atoms with Crippen LogP contribution in [0.4, 0.5) is 0 Å². The Hall–Kier alpha value is -1.77. The number of methoxy groups -OCH3 is 2. The van der Waals surface area contributed by atoms with E-state index < -0.39 is 35.1 Å². The molecule has 0 fully saturated rings. The molecule has 1 unspecified atom stereocenters. The maximum atomic E-state index is 11.5. The smallest absolute Gasteiger partial charge is 0.327 e. The van der Waals surface area contributed by atoms with Gasteiger partial charge in [-0.05, 0) is 0 Å². The molecule has 0 aliphatic carbocycles. The summed E-state index contributed by atoms with van der Waals surface area (Å²) >= 11 is 0.905. The molecule has 20 heavy (non-hydrogen) atoms. The number of hydrogen-bond acceptors (Lipinski definition) is 7. The number of rotatable bonds is 8. The summed E-state index contributed by atoms with van der Waals surface area (Å²) in [6.07, 6.45) is -0.236. The second-order valence-electron chi connectivity index (χ2n) is 3.72. The molecule has 0 saturated heterocycles. The van der Waals surface area contributed by atoms with Gasteiger partial charge in [-0.25, -0.2) is 4.79 Å². The third kappa shape index (κ3) is 6.98. The minimum Gasteiger partial charge on any atom is -0.480 e. The van der Waals surface area contributed by atoms with Crippen molar-refractivity contribution in [2.45, 2.75) is 24.6 Å². The molecule has 0 aromatic carbocycles. The van der Waals surface area contributed by atoms with E-state index >= 15 is 0 Å². The first kappa shape index (κ1) is 18.2. The Morgan fingerprint density at radius 1 is 1.20 bits per heavy atom. The fraction of sp³-hybridized carbons (Fsp3) is 0.636. The molecule has 0 radical (unpaired) electrons. The van der Waals surface area contributed by atoms with E-state index in [0.717, 1.165) is 18.9 Å². The van der Waals surface area contributed by atoms with Crippen LogP contribution in [-0.4, -0.2) is 60.2 Å². The monoisotopic (exact) mass is 307 g/mol. The van der Waals surface area contributed by atoms with Gasteiger partial charge in [0.25, 0.3) is 0 Å². The van der Waals surface area contributed by atoms with Crippen LogP contribution >= 0.6 is 11.8 Å². The van der Waals surface area contributed by atoms with Crippen LogP contribution in [0.15, 0.2) is 0 Å². The number of carbonyl (C=O) groups is 4. The van der Waals surface area contributed by atoms with Crippen LogP contribution in [0.25, 0.3) is 0 Å². The Kier molecular flexibility index (Phi) is 8.37. The SMILES string of the molecule is COC(=O)CC(SC[C@H](NC(C)=O)C(=O)O)C(=O)OC. The lowest BCUT2D eigenvalue weighted by molar-refractivity contribution is -0.146. The van der Waals surface area contributed by atoms with Gasteiger partial charge in [-0.1, -0.05) is 0 Å². The highest BCUT2D eigenvalue weighted by Gasteiger charge is 2.27. The van der Waals surface area contributed by atoms with Crippen LogP contribution in [0.3, 0.4) is 0 Å².